The molecule has 58 valence electrons. The Morgan fingerprint density at radius 2 is 2.10 bits per heavy atom. The lowest BCUT2D eigenvalue weighted by atomic mass is 10.1. The molecule has 0 fully saturated rings. The lowest BCUT2D eigenvalue weighted by molar-refractivity contribution is -0.368. The van der Waals surface area contributed by atoms with Crippen LogP contribution in [0.25, 0.3) is 0 Å². The van der Waals surface area contributed by atoms with Gasteiger partial charge in [0.25, 0.3) is 0 Å². The van der Waals surface area contributed by atoms with Crippen molar-refractivity contribution in [2.45, 2.75) is 26.2 Å². The molecule has 0 atom stereocenters. The first-order chi connectivity index (χ1) is 4.68. The fourth-order valence-electron chi connectivity index (χ4n) is 0.676. The van der Waals surface area contributed by atoms with Gasteiger partial charge in [0.15, 0.2) is 5.78 Å². The van der Waals surface area contributed by atoms with Gasteiger partial charge in [-0.05, 0) is 25.3 Å². The number of quaternary nitrogens is 1. The Morgan fingerprint density at radius 3 is 2.50 bits per heavy atom. The van der Waals surface area contributed by atoms with Crippen LogP contribution < -0.4 is 5.73 Å². The van der Waals surface area contributed by atoms with Crippen molar-refractivity contribution in [1.29, 1.82) is 0 Å². The molecule has 0 aromatic heterocycles. The predicted molar refractivity (Wildman–Crippen MR) is 41.4 cm³/mol. The zero-order valence-corrected chi connectivity index (χ0v) is 6.65. The Labute approximate surface area is 62.1 Å². The monoisotopic (exact) mass is 142 g/mol. The van der Waals surface area contributed by atoms with Gasteiger partial charge in [-0.25, -0.2) is 0 Å². The Kier molecular flexibility index (Phi) is 4.85. The Balaban J connectivity index is 3.31. The third-order valence-electron chi connectivity index (χ3n) is 1.38. The molecule has 3 N–H and O–H groups in total. The molecule has 0 aliphatic carbocycles. The van der Waals surface area contributed by atoms with Gasteiger partial charge < -0.3 is 5.73 Å². The minimum Gasteiger partial charge on any atom is -0.358 e. The third kappa shape index (κ3) is 4.27. The van der Waals surface area contributed by atoms with E-state index in [1.54, 1.807) is 6.92 Å². The Hall–Kier alpha value is -0.630. The number of ketones is 1. The molecule has 0 aliphatic heterocycles. The molecule has 0 saturated carbocycles. The maximum Gasteiger partial charge on any atom is 0.157 e. The molecule has 0 amide bonds. The van der Waals surface area contributed by atoms with Crippen molar-refractivity contribution in [3.05, 3.63) is 12.2 Å². The van der Waals surface area contributed by atoms with Crippen molar-refractivity contribution >= 4 is 5.78 Å². The third-order valence-corrected chi connectivity index (χ3v) is 1.38. The second-order valence-corrected chi connectivity index (χ2v) is 2.51. The van der Waals surface area contributed by atoms with E-state index in [1.807, 2.05) is 0 Å². The van der Waals surface area contributed by atoms with Gasteiger partial charge in [0.2, 0.25) is 0 Å². The molecule has 0 aromatic carbocycles. The van der Waals surface area contributed by atoms with Crippen molar-refractivity contribution < 1.29 is 10.5 Å². The predicted octanol–water partition coefficient (Wildman–Crippen LogP) is 0.544. The van der Waals surface area contributed by atoms with Crippen LogP contribution in [0.3, 0.4) is 0 Å². The van der Waals surface area contributed by atoms with Crippen LogP contribution in [0.15, 0.2) is 12.2 Å². The summed E-state index contributed by atoms with van der Waals surface area (Å²) in [5.41, 5.74) is 4.36. The van der Waals surface area contributed by atoms with Crippen molar-refractivity contribution in [2.24, 2.45) is 0 Å². The van der Waals surface area contributed by atoms with Gasteiger partial charge in [0.05, 0.1) is 6.54 Å². The summed E-state index contributed by atoms with van der Waals surface area (Å²) in [6.45, 7) is 6.25. The van der Waals surface area contributed by atoms with Gasteiger partial charge in [0.1, 0.15) is 0 Å². The molecule has 0 radical (unpaired) electrons. The molecule has 0 rings (SSSR count). The topological polar surface area (TPSA) is 44.7 Å². The van der Waals surface area contributed by atoms with E-state index in [1.165, 1.54) is 0 Å². The summed E-state index contributed by atoms with van der Waals surface area (Å²) in [5, 5.41) is 0. The molecule has 10 heavy (non-hydrogen) atoms. The molecule has 0 saturated heterocycles. The second kappa shape index (κ2) is 5.18. The van der Waals surface area contributed by atoms with Crippen LogP contribution >= 0.6 is 0 Å². The number of carbonyl (C=O) groups excluding carboxylic acids is 1. The number of Topliss-reactive ketones (excluding diaryl/α,β-unsaturated/α-hetero) is 1. The van der Waals surface area contributed by atoms with Gasteiger partial charge in [-0.2, -0.15) is 0 Å². The van der Waals surface area contributed by atoms with E-state index in [2.05, 4.69) is 12.3 Å². The van der Waals surface area contributed by atoms with Gasteiger partial charge in [-0.3, -0.25) is 4.79 Å². The first kappa shape index (κ1) is 9.37. The first-order valence-electron chi connectivity index (χ1n) is 3.66. The van der Waals surface area contributed by atoms with Crippen molar-refractivity contribution in [1.82, 2.24) is 0 Å². The van der Waals surface area contributed by atoms with Crippen LogP contribution in [0.5, 0.6) is 0 Å². The van der Waals surface area contributed by atoms with E-state index in [-0.39, 0.29) is 5.78 Å². The van der Waals surface area contributed by atoms with Crippen molar-refractivity contribution in [2.75, 3.05) is 6.54 Å². The van der Waals surface area contributed by atoms with E-state index >= 15 is 0 Å². The largest absolute Gasteiger partial charge is 0.358 e. The summed E-state index contributed by atoms with van der Waals surface area (Å²) >= 11 is 0. The molecule has 0 bridgehead atoms. The van der Waals surface area contributed by atoms with Crippen LogP contribution in [0.2, 0.25) is 0 Å². The molecular weight excluding hydrogens is 126 g/mol. The fourth-order valence-corrected chi connectivity index (χ4v) is 0.676. The van der Waals surface area contributed by atoms with Crippen LogP contribution in [0, 0.1) is 0 Å². The quantitative estimate of drug-likeness (QED) is 0.442. The number of allylic oxidation sites excluding steroid dienone is 1. The molecule has 0 aromatic rings. The highest BCUT2D eigenvalue weighted by molar-refractivity contribution is 5.93. The fraction of sp³-hybridized carbons (Fsp3) is 0.625. The summed E-state index contributed by atoms with van der Waals surface area (Å²) in [6, 6.07) is 0. The first-order valence-corrected chi connectivity index (χ1v) is 3.66. The Morgan fingerprint density at radius 1 is 1.50 bits per heavy atom. The van der Waals surface area contributed by atoms with Crippen LogP contribution in [0.1, 0.15) is 26.2 Å². The lowest BCUT2D eigenvalue weighted by Crippen LogP contribution is -2.50. The highest BCUT2D eigenvalue weighted by atomic mass is 16.1. The summed E-state index contributed by atoms with van der Waals surface area (Å²) in [4.78, 5) is 10.9. The molecule has 0 aliphatic rings. The molecule has 0 unspecified atom stereocenters. The second-order valence-electron chi connectivity index (χ2n) is 2.51. The summed E-state index contributed by atoms with van der Waals surface area (Å²) in [7, 11) is 0. The maximum atomic E-state index is 10.9. The summed E-state index contributed by atoms with van der Waals surface area (Å²) in [6.07, 6.45) is 2.64. The zero-order valence-electron chi connectivity index (χ0n) is 6.65. The van der Waals surface area contributed by atoms with Crippen LogP contribution in [-0.2, 0) is 4.79 Å². The lowest BCUT2D eigenvalue weighted by Gasteiger charge is -1.95. The normalized spacial score (nSPS) is 9.40. The zero-order chi connectivity index (χ0) is 7.98. The highest BCUT2D eigenvalue weighted by Gasteiger charge is 2.00. The van der Waals surface area contributed by atoms with E-state index < -0.39 is 0 Å². The van der Waals surface area contributed by atoms with Gasteiger partial charge in [-0.1, -0.05) is 6.58 Å². The minimum absolute atomic E-state index is 0.188. The van der Waals surface area contributed by atoms with Gasteiger partial charge >= 0.3 is 0 Å². The van der Waals surface area contributed by atoms with Crippen molar-refractivity contribution in [3.8, 4) is 0 Å². The van der Waals surface area contributed by atoms with E-state index in [9.17, 15) is 4.79 Å². The number of carbonyl (C=O) groups is 1. The van der Waals surface area contributed by atoms with Crippen LogP contribution in [-0.4, -0.2) is 12.3 Å². The van der Waals surface area contributed by atoms with E-state index in [0.29, 0.717) is 12.0 Å². The average Bonchev–Trinajstić information content (AvgIpc) is 1.88. The van der Waals surface area contributed by atoms with Crippen molar-refractivity contribution in [3.63, 3.8) is 0 Å². The molecule has 0 spiro atoms. The molecule has 0 heterocycles. The number of hydrogen-bond donors (Lipinski definition) is 1. The van der Waals surface area contributed by atoms with Gasteiger partial charge in [-0.15, -0.1) is 0 Å². The standard InChI is InChI=1S/C8H15NO/c1-7(2)8(10)5-3-4-6-9/h1,3-6,9H2,2H3/p+1. The smallest absolute Gasteiger partial charge is 0.157 e. The van der Waals surface area contributed by atoms with Gasteiger partial charge in [0, 0.05) is 6.42 Å². The summed E-state index contributed by atoms with van der Waals surface area (Å²) in [5.74, 6) is 0.188. The highest BCUT2D eigenvalue weighted by Crippen LogP contribution is 2.00. The number of rotatable bonds is 5. The molecule has 2 nitrogen and oxygen atoms in total. The Bertz CT molecular complexity index is 129. The maximum absolute atomic E-state index is 10.9. The number of hydrogen-bond acceptors (Lipinski definition) is 1. The summed E-state index contributed by atoms with van der Waals surface area (Å²) < 4.78 is 0. The van der Waals surface area contributed by atoms with Crippen LogP contribution in [0.4, 0.5) is 0 Å². The van der Waals surface area contributed by atoms with E-state index in [0.717, 1.165) is 19.4 Å². The number of unbranched alkanes of at least 4 members (excludes halogenated alkanes) is 1. The SMILES string of the molecule is C=C(C)C(=O)CCCC[NH3+]. The molecule has 2 heteroatoms. The van der Waals surface area contributed by atoms with E-state index in [4.69, 9.17) is 0 Å². The minimum atomic E-state index is 0.188. The molecular formula is C8H16NO+. The average molecular weight is 142 g/mol.